The SMILES string of the molecule is Cc1ccc(C(c2ccccc2)[Si](Cl)(Cl)Cl)cc1. The van der Waals surface area contributed by atoms with Crippen LogP contribution in [0.2, 0.25) is 0 Å². The smallest absolute Gasteiger partial charge is 0.125 e. The molecule has 0 amide bonds. The quantitative estimate of drug-likeness (QED) is 0.531. The lowest BCUT2D eigenvalue weighted by Crippen LogP contribution is -2.24. The fourth-order valence-electron chi connectivity index (χ4n) is 1.97. The number of benzene rings is 2. The first-order chi connectivity index (χ1) is 8.48. The van der Waals surface area contributed by atoms with E-state index in [-0.39, 0.29) is 5.54 Å². The molecule has 4 heteroatoms. The second-order valence-corrected chi connectivity index (χ2v) is 13.1. The summed E-state index contributed by atoms with van der Waals surface area (Å²) in [6.45, 7) is 2.05. The van der Waals surface area contributed by atoms with Crippen LogP contribution in [0.25, 0.3) is 0 Å². The molecule has 0 spiro atoms. The van der Waals surface area contributed by atoms with E-state index >= 15 is 0 Å². The third-order valence-electron chi connectivity index (χ3n) is 2.87. The molecule has 1 atom stereocenters. The van der Waals surface area contributed by atoms with E-state index in [1.54, 1.807) is 0 Å². The molecule has 0 N–H and O–H groups in total. The highest BCUT2D eigenvalue weighted by molar-refractivity contribution is 7.65. The molecule has 0 saturated heterocycles. The molecule has 0 aliphatic rings. The Morgan fingerprint density at radius 3 is 1.78 bits per heavy atom. The Morgan fingerprint density at radius 1 is 0.778 bits per heavy atom. The lowest BCUT2D eigenvalue weighted by atomic mass is 10.0. The first-order valence-corrected chi connectivity index (χ1v) is 10.8. The van der Waals surface area contributed by atoms with Gasteiger partial charge in [0.05, 0.1) is 0 Å². The number of hydrogen-bond donors (Lipinski definition) is 0. The van der Waals surface area contributed by atoms with Crippen molar-refractivity contribution >= 4 is 39.2 Å². The Morgan fingerprint density at radius 2 is 1.28 bits per heavy atom. The van der Waals surface area contributed by atoms with Gasteiger partial charge in [0, 0.05) is 5.54 Å². The van der Waals surface area contributed by atoms with Crippen molar-refractivity contribution in [3.63, 3.8) is 0 Å². The first-order valence-electron chi connectivity index (χ1n) is 5.67. The average molecular weight is 316 g/mol. The van der Waals surface area contributed by atoms with Crippen LogP contribution < -0.4 is 0 Å². The molecule has 0 aromatic heterocycles. The van der Waals surface area contributed by atoms with Crippen LogP contribution in [-0.2, 0) is 0 Å². The maximum atomic E-state index is 6.28. The lowest BCUT2D eigenvalue weighted by Gasteiger charge is -2.23. The fraction of sp³-hybridized carbons (Fsp3) is 0.143. The molecule has 0 nitrogen and oxygen atoms in total. The summed E-state index contributed by atoms with van der Waals surface area (Å²) < 4.78 is 0. The molecule has 1 unspecified atom stereocenters. The van der Waals surface area contributed by atoms with E-state index in [1.165, 1.54) is 5.56 Å². The fourth-order valence-corrected chi connectivity index (χ4v) is 5.38. The maximum absolute atomic E-state index is 6.28. The van der Waals surface area contributed by atoms with Gasteiger partial charge >= 0.3 is 6.00 Å². The first kappa shape index (κ1) is 13.9. The van der Waals surface area contributed by atoms with Crippen molar-refractivity contribution in [2.45, 2.75) is 12.5 Å². The zero-order valence-electron chi connectivity index (χ0n) is 9.91. The van der Waals surface area contributed by atoms with Gasteiger partial charge in [-0.25, -0.2) is 0 Å². The van der Waals surface area contributed by atoms with Crippen LogP contribution in [0.4, 0.5) is 0 Å². The number of hydrogen-bond acceptors (Lipinski definition) is 0. The normalized spacial score (nSPS) is 13.3. The molecule has 0 fully saturated rings. The third-order valence-corrected chi connectivity index (χ3v) is 6.16. The summed E-state index contributed by atoms with van der Waals surface area (Å²) >= 11 is 18.8. The van der Waals surface area contributed by atoms with Crippen LogP contribution in [0.5, 0.6) is 0 Å². The third kappa shape index (κ3) is 3.30. The Kier molecular flexibility index (Phi) is 4.39. The number of rotatable bonds is 3. The van der Waals surface area contributed by atoms with Crippen molar-refractivity contribution in [2.24, 2.45) is 0 Å². The van der Waals surface area contributed by atoms with Gasteiger partial charge in [0.15, 0.2) is 0 Å². The highest BCUT2D eigenvalue weighted by atomic mass is 35.8. The van der Waals surface area contributed by atoms with Gasteiger partial charge in [-0.2, -0.15) is 0 Å². The summed E-state index contributed by atoms with van der Waals surface area (Å²) in [5.74, 6) is 0. The Balaban J connectivity index is 2.47. The number of halogens is 3. The van der Waals surface area contributed by atoms with Gasteiger partial charge in [0.25, 0.3) is 0 Å². The molecule has 0 bridgehead atoms. The zero-order chi connectivity index (χ0) is 13.2. The molecule has 0 heterocycles. The Labute approximate surface area is 123 Å². The molecule has 0 aliphatic carbocycles. The topological polar surface area (TPSA) is 0 Å². The van der Waals surface area contributed by atoms with Crippen molar-refractivity contribution in [1.29, 1.82) is 0 Å². The van der Waals surface area contributed by atoms with E-state index in [0.717, 1.165) is 11.1 Å². The van der Waals surface area contributed by atoms with Crippen molar-refractivity contribution in [2.75, 3.05) is 0 Å². The Hall–Kier alpha value is -0.473. The molecular weight excluding hydrogens is 303 g/mol. The minimum absolute atomic E-state index is 0.121. The second-order valence-electron chi connectivity index (χ2n) is 4.30. The highest BCUT2D eigenvalue weighted by Crippen LogP contribution is 2.41. The molecule has 0 radical (unpaired) electrons. The molecule has 18 heavy (non-hydrogen) atoms. The molecule has 0 aliphatic heterocycles. The molecule has 2 aromatic carbocycles. The van der Waals surface area contributed by atoms with Gasteiger partial charge in [0.2, 0.25) is 0 Å². The van der Waals surface area contributed by atoms with Crippen molar-refractivity contribution in [1.82, 2.24) is 0 Å². The predicted molar refractivity (Wildman–Crippen MR) is 82.8 cm³/mol. The highest BCUT2D eigenvalue weighted by Gasteiger charge is 2.38. The summed E-state index contributed by atoms with van der Waals surface area (Å²) in [5, 5.41) is 0. The standard InChI is InChI=1S/C14H13Cl3Si/c1-11-7-9-13(10-8-11)14(18(15,16)17)12-5-3-2-4-6-12/h2-10,14H,1H3. The van der Waals surface area contributed by atoms with E-state index in [2.05, 4.69) is 12.1 Å². The Bertz CT molecular complexity index is 503. The van der Waals surface area contributed by atoms with Crippen molar-refractivity contribution in [3.8, 4) is 0 Å². The molecule has 2 rings (SSSR count). The number of aryl methyl sites for hydroxylation is 1. The minimum Gasteiger partial charge on any atom is -0.125 e. The summed E-state index contributed by atoms with van der Waals surface area (Å²) in [4.78, 5) is 0. The molecular formula is C14H13Cl3Si. The summed E-state index contributed by atoms with van der Waals surface area (Å²) in [5.41, 5.74) is 3.22. The molecule has 0 saturated carbocycles. The lowest BCUT2D eigenvalue weighted by molar-refractivity contribution is 1.12. The van der Waals surface area contributed by atoms with Crippen LogP contribution in [0, 0.1) is 6.92 Å². The van der Waals surface area contributed by atoms with Gasteiger partial charge in [0.1, 0.15) is 0 Å². The molecule has 2 aromatic rings. The van der Waals surface area contributed by atoms with Gasteiger partial charge in [-0.3, -0.25) is 0 Å². The van der Waals surface area contributed by atoms with Crippen molar-refractivity contribution < 1.29 is 0 Å². The summed E-state index contributed by atoms with van der Waals surface area (Å²) in [6, 6.07) is 15.3. The predicted octanol–water partition coefficient (Wildman–Crippen LogP) is 5.32. The minimum atomic E-state index is -2.87. The average Bonchev–Trinajstić information content (AvgIpc) is 2.32. The van der Waals surface area contributed by atoms with Gasteiger partial charge in [-0.15, -0.1) is 33.2 Å². The van der Waals surface area contributed by atoms with Gasteiger partial charge < -0.3 is 0 Å². The van der Waals surface area contributed by atoms with Crippen LogP contribution in [-0.4, -0.2) is 6.00 Å². The largest absolute Gasteiger partial charge is 0.352 e. The van der Waals surface area contributed by atoms with Crippen LogP contribution >= 0.6 is 33.2 Å². The van der Waals surface area contributed by atoms with Crippen LogP contribution in [0.3, 0.4) is 0 Å². The van der Waals surface area contributed by atoms with Crippen molar-refractivity contribution in [3.05, 3.63) is 71.3 Å². The van der Waals surface area contributed by atoms with E-state index in [9.17, 15) is 0 Å². The zero-order valence-corrected chi connectivity index (χ0v) is 13.2. The summed E-state index contributed by atoms with van der Waals surface area (Å²) in [6.07, 6.45) is 0. The van der Waals surface area contributed by atoms with E-state index in [1.807, 2.05) is 49.4 Å². The van der Waals surface area contributed by atoms with E-state index < -0.39 is 6.00 Å². The van der Waals surface area contributed by atoms with E-state index in [4.69, 9.17) is 33.2 Å². The summed E-state index contributed by atoms with van der Waals surface area (Å²) in [7, 11) is 0. The monoisotopic (exact) mass is 314 g/mol. The van der Waals surface area contributed by atoms with Gasteiger partial charge in [-0.1, -0.05) is 60.2 Å². The maximum Gasteiger partial charge on any atom is 0.352 e. The van der Waals surface area contributed by atoms with Gasteiger partial charge in [-0.05, 0) is 18.1 Å². The van der Waals surface area contributed by atoms with Crippen LogP contribution in [0.1, 0.15) is 22.2 Å². The van der Waals surface area contributed by atoms with E-state index in [0.29, 0.717) is 0 Å². The van der Waals surface area contributed by atoms with Crippen LogP contribution in [0.15, 0.2) is 54.6 Å². The second kappa shape index (κ2) is 5.66. The molecule has 94 valence electrons.